The van der Waals surface area contributed by atoms with Gasteiger partial charge in [-0.15, -0.1) is 0 Å². The van der Waals surface area contributed by atoms with Crippen molar-refractivity contribution >= 4 is 17.5 Å². The number of halogens is 5. The Morgan fingerprint density at radius 1 is 1.19 bits per heavy atom. The van der Waals surface area contributed by atoms with E-state index in [1.54, 1.807) is 0 Å². The zero-order valence-corrected chi connectivity index (χ0v) is 14.5. The Kier molecular flexibility index (Phi) is 6.64. The summed E-state index contributed by atoms with van der Waals surface area (Å²) in [6, 6.07) is 11.1. The van der Waals surface area contributed by atoms with Crippen LogP contribution in [-0.4, -0.2) is 30.1 Å². The number of carbonyl (C=O) groups excluding carboxylic acids is 1. The average Bonchev–Trinajstić information content (AvgIpc) is 2.61. The molecule has 9 heteroatoms. The van der Waals surface area contributed by atoms with E-state index in [4.69, 9.17) is 21.6 Å². The molecule has 142 valence electrons. The Bertz CT molecular complexity index is 848. The summed E-state index contributed by atoms with van der Waals surface area (Å²) in [7, 11) is 0. The molecule has 0 spiro atoms. The van der Waals surface area contributed by atoms with Gasteiger partial charge in [-0.05, 0) is 29.8 Å². The second-order valence-electron chi connectivity index (χ2n) is 5.54. The minimum absolute atomic E-state index is 0.0556. The maximum Gasteiger partial charge on any atom is 0.406 e. The summed E-state index contributed by atoms with van der Waals surface area (Å²) >= 11 is 5.59. The van der Waals surface area contributed by atoms with E-state index >= 15 is 0 Å². The lowest BCUT2D eigenvalue weighted by Gasteiger charge is -2.24. The van der Waals surface area contributed by atoms with Crippen molar-refractivity contribution in [1.29, 1.82) is 5.26 Å². The third-order valence-electron chi connectivity index (χ3n) is 3.43. The second kappa shape index (κ2) is 8.73. The first-order valence-corrected chi connectivity index (χ1v) is 7.97. The quantitative estimate of drug-likeness (QED) is 0.678. The van der Waals surface area contributed by atoms with Crippen LogP contribution in [0.1, 0.15) is 11.1 Å². The van der Waals surface area contributed by atoms with Crippen molar-refractivity contribution in [3.05, 3.63) is 64.4 Å². The van der Waals surface area contributed by atoms with Gasteiger partial charge in [0, 0.05) is 12.6 Å². The first-order chi connectivity index (χ1) is 12.7. The largest absolute Gasteiger partial charge is 0.484 e. The van der Waals surface area contributed by atoms with E-state index < -0.39 is 31.1 Å². The molecule has 0 aliphatic heterocycles. The van der Waals surface area contributed by atoms with Crippen LogP contribution in [0.25, 0.3) is 0 Å². The van der Waals surface area contributed by atoms with E-state index in [1.807, 2.05) is 6.07 Å². The Labute approximate surface area is 157 Å². The molecule has 1 amide bonds. The number of nitrogens with zero attached hydrogens (tertiary/aromatic N) is 2. The second-order valence-corrected chi connectivity index (χ2v) is 5.95. The predicted molar refractivity (Wildman–Crippen MR) is 89.5 cm³/mol. The van der Waals surface area contributed by atoms with Crippen LogP contribution in [-0.2, 0) is 11.3 Å². The predicted octanol–water partition coefficient (Wildman–Crippen LogP) is 4.32. The molecule has 0 aliphatic carbocycles. The Hall–Kier alpha value is -2.79. The molecule has 2 aromatic rings. The molecule has 0 bridgehead atoms. The Morgan fingerprint density at radius 2 is 1.85 bits per heavy atom. The summed E-state index contributed by atoms with van der Waals surface area (Å²) in [6.45, 7) is -2.44. The standard InChI is InChI=1S/C18H13ClF4N2O2/c19-15-7-14(5-6-16(15)20)27-10-17(26)25(11-18(21,22)23)9-13-3-1-12(8-24)2-4-13/h1-7H,9-11H2. The molecule has 2 aromatic carbocycles. The van der Waals surface area contributed by atoms with Crippen molar-refractivity contribution in [2.24, 2.45) is 0 Å². The summed E-state index contributed by atoms with van der Waals surface area (Å²) < 4.78 is 56.7. The van der Waals surface area contributed by atoms with Gasteiger partial charge in [0.25, 0.3) is 5.91 Å². The van der Waals surface area contributed by atoms with Gasteiger partial charge in [-0.25, -0.2) is 4.39 Å². The Balaban J connectivity index is 2.08. The molecule has 0 fully saturated rings. The normalized spacial score (nSPS) is 11.0. The topological polar surface area (TPSA) is 53.3 Å². The maximum absolute atomic E-state index is 13.1. The van der Waals surface area contributed by atoms with Gasteiger partial charge < -0.3 is 9.64 Å². The van der Waals surface area contributed by atoms with Crippen LogP contribution < -0.4 is 4.74 Å². The van der Waals surface area contributed by atoms with Gasteiger partial charge in [-0.1, -0.05) is 23.7 Å². The Morgan fingerprint density at radius 3 is 2.41 bits per heavy atom. The van der Waals surface area contributed by atoms with Crippen LogP contribution in [0.3, 0.4) is 0 Å². The molecule has 0 radical (unpaired) electrons. The van der Waals surface area contributed by atoms with Gasteiger partial charge in [-0.3, -0.25) is 4.79 Å². The third kappa shape index (κ3) is 6.46. The highest BCUT2D eigenvalue weighted by atomic mass is 35.5. The first-order valence-electron chi connectivity index (χ1n) is 7.59. The van der Waals surface area contributed by atoms with Crippen LogP contribution in [0.15, 0.2) is 42.5 Å². The summed E-state index contributed by atoms with van der Waals surface area (Å²) in [4.78, 5) is 12.8. The van der Waals surface area contributed by atoms with E-state index in [1.165, 1.54) is 30.3 Å². The lowest BCUT2D eigenvalue weighted by molar-refractivity contribution is -0.163. The van der Waals surface area contributed by atoms with Crippen LogP contribution >= 0.6 is 11.6 Å². The van der Waals surface area contributed by atoms with Gasteiger partial charge in [0.15, 0.2) is 6.61 Å². The zero-order valence-electron chi connectivity index (χ0n) is 13.8. The van der Waals surface area contributed by atoms with Crippen molar-refractivity contribution in [1.82, 2.24) is 4.90 Å². The fourth-order valence-electron chi connectivity index (χ4n) is 2.16. The van der Waals surface area contributed by atoms with E-state index in [0.29, 0.717) is 16.0 Å². The fourth-order valence-corrected chi connectivity index (χ4v) is 2.33. The van der Waals surface area contributed by atoms with Gasteiger partial charge >= 0.3 is 6.18 Å². The van der Waals surface area contributed by atoms with Gasteiger partial charge in [0.2, 0.25) is 0 Å². The molecule has 0 saturated heterocycles. The smallest absolute Gasteiger partial charge is 0.406 e. The van der Waals surface area contributed by atoms with Crippen LogP contribution in [0, 0.1) is 17.1 Å². The SMILES string of the molecule is N#Cc1ccc(CN(CC(F)(F)F)C(=O)COc2ccc(F)c(Cl)c2)cc1. The van der Waals surface area contributed by atoms with Gasteiger partial charge in [-0.2, -0.15) is 18.4 Å². The molecule has 0 atom stereocenters. The molecule has 0 unspecified atom stereocenters. The number of benzene rings is 2. The summed E-state index contributed by atoms with van der Waals surface area (Å²) in [6.07, 6.45) is -4.60. The number of alkyl halides is 3. The number of amides is 1. The number of carbonyl (C=O) groups is 1. The third-order valence-corrected chi connectivity index (χ3v) is 3.72. The molecule has 0 heterocycles. The van der Waals surface area contributed by atoms with Crippen LogP contribution in [0.2, 0.25) is 5.02 Å². The first kappa shape index (κ1) is 20.5. The molecular formula is C18H13ClF4N2O2. The van der Waals surface area contributed by atoms with Crippen molar-refractivity contribution in [3.63, 3.8) is 0 Å². The van der Waals surface area contributed by atoms with Crippen molar-refractivity contribution < 1.29 is 27.1 Å². The number of ether oxygens (including phenoxy) is 1. The molecule has 0 N–H and O–H groups in total. The molecule has 2 rings (SSSR count). The van der Waals surface area contributed by atoms with E-state index in [9.17, 15) is 22.4 Å². The highest BCUT2D eigenvalue weighted by Gasteiger charge is 2.33. The van der Waals surface area contributed by atoms with Crippen molar-refractivity contribution in [2.45, 2.75) is 12.7 Å². The minimum Gasteiger partial charge on any atom is -0.484 e. The molecule has 27 heavy (non-hydrogen) atoms. The van der Waals surface area contributed by atoms with Crippen molar-refractivity contribution in [3.8, 4) is 11.8 Å². The summed E-state index contributed by atoms with van der Waals surface area (Å²) in [5.41, 5.74) is 0.778. The highest BCUT2D eigenvalue weighted by Crippen LogP contribution is 2.22. The minimum atomic E-state index is -4.60. The van der Waals surface area contributed by atoms with E-state index in [2.05, 4.69) is 0 Å². The van der Waals surface area contributed by atoms with Crippen molar-refractivity contribution in [2.75, 3.05) is 13.2 Å². The van der Waals surface area contributed by atoms with Gasteiger partial charge in [0.1, 0.15) is 18.1 Å². The summed E-state index contributed by atoms with van der Waals surface area (Å²) in [5, 5.41) is 8.52. The highest BCUT2D eigenvalue weighted by molar-refractivity contribution is 6.30. The average molecular weight is 401 g/mol. The van der Waals surface area contributed by atoms with Gasteiger partial charge in [0.05, 0.1) is 16.7 Å². The molecular weight excluding hydrogens is 388 g/mol. The van der Waals surface area contributed by atoms with Crippen LogP contribution in [0.4, 0.5) is 17.6 Å². The van der Waals surface area contributed by atoms with E-state index in [-0.39, 0.29) is 17.3 Å². The number of hydrogen-bond donors (Lipinski definition) is 0. The number of hydrogen-bond acceptors (Lipinski definition) is 3. The lowest BCUT2D eigenvalue weighted by Crippen LogP contribution is -2.41. The van der Waals surface area contributed by atoms with E-state index in [0.717, 1.165) is 12.1 Å². The number of rotatable bonds is 6. The lowest BCUT2D eigenvalue weighted by atomic mass is 10.1. The maximum atomic E-state index is 13.1. The summed E-state index contributed by atoms with van der Waals surface area (Å²) in [5.74, 6) is -1.54. The van der Waals surface area contributed by atoms with Crippen LogP contribution in [0.5, 0.6) is 5.75 Å². The number of nitriles is 1. The fraction of sp³-hybridized carbons (Fsp3) is 0.222. The molecule has 0 aromatic heterocycles. The molecule has 0 aliphatic rings. The molecule has 0 saturated carbocycles. The monoisotopic (exact) mass is 400 g/mol. The zero-order chi connectivity index (χ0) is 20.0. The molecule has 4 nitrogen and oxygen atoms in total.